The van der Waals surface area contributed by atoms with Crippen LogP contribution in [-0.2, 0) is 11.8 Å². The fraction of sp³-hybridized carbons (Fsp3) is 0.382. The standard InChI is InChI=1S/C34H39ClF2N8O5/c1-20-26(17-39-41-20)23-7-8-25(31(37)30(23)36)28-18-38-32(43(28)3)33(49)40-21-4-6-24(27(35)16-21)34(50)45-12-10-44(11-13-45)29(48)9-5-22(47)19-42(2)14-15-46/h4,6-8,16-18,22,46-47H,5,9-15,19H2,1-3H3,(H,39,41)(H,40,49)/p+1/t22-/m1/s1. The van der Waals surface area contributed by atoms with E-state index in [0.29, 0.717) is 62.6 Å². The molecule has 1 aliphatic heterocycles. The van der Waals surface area contributed by atoms with Gasteiger partial charge in [-0.3, -0.25) is 19.5 Å². The zero-order chi connectivity index (χ0) is 36.1. The number of piperazine rings is 1. The van der Waals surface area contributed by atoms with Crippen molar-refractivity contribution >= 4 is 35.0 Å². The molecule has 0 radical (unpaired) electrons. The summed E-state index contributed by atoms with van der Waals surface area (Å²) in [5.74, 6) is -3.25. The number of aryl methyl sites for hydroxylation is 1. The van der Waals surface area contributed by atoms with E-state index in [2.05, 4.69) is 20.5 Å². The first-order valence-corrected chi connectivity index (χ1v) is 16.6. The fourth-order valence-electron chi connectivity index (χ4n) is 5.98. The molecule has 2 aromatic heterocycles. The first-order chi connectivity index (χ1) is 23.9. The summed E-state index contributed by atoms with van der Waals surface area (Å²) in [7, 11) is 3.38. The second-order valence-electron chi connectivity index (χ2n) is 12.4. The van der Waals surface area contributed by atoms with Gasteiger partial charge in [-0.05, 0) is 37.6 Å². The molecule has 5 N–H and O–H groups in total. The van der Waals surface area contributed by atoms with Gasteiger partial charge in [0.05, 0.1) is 42.3 Å². The van der Waals surface area contributed by atoms with Crippen LogP contribution in [0.25, 0.3) is 22.4 Å². The minimum Gasteiger partial charge on any atom is -0.391 e. The minimum absolute atomic E-state index is 0.0271. The smallest absolute Gasteiger partial charge is 0.291 e. The molecule has 2 atom stereocenters. The van der Waals surface area contributed by atoms with Gasteiger partial charge >= 0.3 is 0 Å². The number of aliphatic hydroxyl groups excluding tert-OH is 2. The van der Waals surface area contributed by atoms with Crippen molar-refractivity contribution in [3.05, 3.63) is 76.5 Å². The Morgan fingerprint density at radius 2 is 1.72 bits per heavy atom. The van der Waals surface area contributed by atoms with Crippen molar-refractivity contribution in [3.8, 4) is 22.4 Å². The lowest BCUT2D eigenvalue weighted by atomic mass is 10.0. The van der Waals surface area contributed by atoms with E-state index in [1.807, 2.05) is 7.05 Å². The number of hydrogen-bond acceptors (Lipinski definition) is 7. The highest BCUT2D eigenvalue weighted by molar-refractivity contribution is 6.34. The molecule has 13 nitrogen and oxygen atoms in total. The summed E-state index contributed by atoms with van der Waals surface area (Å²) in [4.78, 5) is 47.5. The normalized spacial score (nSPS) is 14.5. The van der Waals surface area contributed by atoms with Crippen molar-refractivity contribution in [2.24, 2.45) is 7.05 Å². The molecule has 1 fully saturated rings. The summed E-state index contributed by atoms with van der Waals surface area (Å²) in [6, 6.07) is 7.32. The van der Waals surface area contributed by atoms with Gasteiger partial charge in [0.2, 0.25) is 5.91 Å². The topological polar surface area (TPSA) is 161 Å². The lowest BCUT2D eigenvalue weighted by Gasteiger charge is -2.35. The highest BCUT2D eigenvalue weighted by atomic mass is 35.5. The van der Waals surface area contributed by atoms with E-state index in [1.165, 1.54) is 54.3 Å². The van der Waals surface area contributed by atoms with Crippen molar-refractivity contribution in [3.63, 3.8) is 0 Å². The molecule has 16 heteroatoms. The second-order valence-corrected chi connectivity index (χ2v) is 12.8. The lowest BCUT2D eigenvalue weighted by Crippen LogP contribution is -3.10. The number of aromatic amines is 1. The quantitative estimate of drug-likeness (QED) is 0.150. The maximum Gasteiger partial charge on any atom is 0.291 e. The average Bonchev–Trinajstić information content (AvgIpc) is 3.69. The molecule has 2 aromatic carbocycles. The summed E-state index contributed by atoms with van der Waals surface area (Å²) >= 11 is 6.48. The number of carbonyl (C=O) groups is 3. The number of nitrogens with one attached hydrogen (secondary N) is 3. The van der Waals surface area contributed by atoms with Crippen LogP contribution in [0.2, 0.25) is 5.02 Å². The number of quaternary nitrogens is 1. The predicted molar refractivity (Wildman–Crippen MR) is 182 cm³/mol. The van der Waals surface area contributed by atoms with Gasteiger partial charge in [-0.1, -0.05) is 17.7 Å². The number of halogens is 3. The van der Waals surface area contributed by atoms with Crippen LogP contribution in [0.3, 0.4) is 0 Å². The van der Waals surface area contributed by atoms with E-state index in [-0.39, 0.29) is 58.1 Å². The van der Waals surface area contributed by atoms with Crippen LogP contribution < -0.4 is 10.2 Å². The molecule has 1 unspecified atom stereocenters. The lowest BCUT2D eigenvalue weighted by molar-refractivity contribution is -0.883. The molecule has 4 aromatic rings. The number of nitrogens with zero attached hydrogens (tertiary/aromatic N) is 5. The molecule has 0 bridgehead atoms. The Morgan fingerprint density at radius 3 is 2.38 bits per heavy atom. The van der Waals surface area contributed by atoms with E-state index >= 15 is 8.78 Å². The summed E-state index contributed by atoms with van der Waals surface area (Å²) < 4.78 is 31.7. The van der Waals surface area contributed by atoms with Crippen molar-refractivity contribution in [1.29, 1.82) is 0 Å². The molecule has 1 saturated heterocycles. The fourth-order valence-corrected chi connectivity index (χ4v) is 6.24. The Balaban J connectivity index is 1.17. The molecule has 0 saturated carbocycles. The van der Waals surface area contributed by atoms with Crippen LogP contribution in [0.1, 0.15) is 39.5 Å². The first kappa shape index (κ1) is 36.6. The average molecular weight is 714 g/mol. The minimum atomic E-state index is -1.09. The number of anilines is 1. The third-order valence-corrected chi connectivity index (χ3v) is 9.17. The van der Waals surface area contributed by atoms with Crippen LogP contribution in [0.5, 0.6) is 0 Å². The number of likely N-dealkylation sites (N-methyl/N-ethyl adjacent to an activating group) is 1. The van der Waals surface area contributed by atoms with E-state index < -0.39 is 23.6 Å². The number of imidazole rings is 1. The molecule has 1 aliphatic rings. The van der Waals surface area contributed by atoms with E-state index in [9.17, 15) is 19.5 Å². The van der Waals surface area contributed by atoms with Gasteiger partial charge in [-0.25, -0.2) is 13.8 Å². The Labute approximate surface area is 292 Å². The molecule has 3 amide bonds. The highest BCUT2D eigenvalue weighted by Gasteiger charge is 2.27. The van der Waals surface area contributed by atoms with Crippen LogP contribution in [0, 0.1) is 18.6 Å². The third kappa shape index (κ3) is 8.02. The number of benzene rings is 2. The molecule has 266 valence electrons. The number of amides is 3. The Hall–Kier alpha value is -4.70. The van der Waals surface area contributed by atoms with Crippen LogP contribution >= 0.6 is 11.6 Å². The number of H-pyrrole nitrogens is 1. The van der Waals surface area contributed by atoms with Crippen LogP contribution in [0.15, 0.2) is 42.7 Å². The van der Waals surface area contributed by atoms with Gasteiger partial charge < -0.3 is 34.8 Å². The van der Waals surface area contributed by atoms with Crippen molar-refractivity contribution in [2.75, 3.05) is 58.2 Å². The highest BCUT2D eigenvalue weighted by Crippen LogP contribution is 2.32. The van der Waals surface area contributed by atoms with Crippen molar-refractivity contribution in [2.45, 2.75) is 25.9 Å². The monoisotopic (exact) mass is 713 g/mol. The third-order valence-electron chi connectivity index (χ3n) is 8.86. The number of aromatic nitrogens is 4. The molecule has 0 spiro atoms. The van der Waals surface area contributed by atoms with E-state index in [1.54, 1.807) is 16.7 Å². The second kappa shape index (κ2) is 15.9. The Kier molecular flexibility index (Phi) is 11.6. The van der Waals surface area contributed by atoms with Gasteiger partial charge in [0.15, 0.2) is 17.5 Å². The van der Waals surface area contributed by atoms with Gasteiger partial charge in [-0.15, -0.1) is 0 Å². The summed E-state index contributed by atoms with van der Waals surface area (Å²) in [6.07, 6.45) is 2.55. The first-order valence-electron chi connectivity index (χ1n) is 16.2. The van der Waals surface area contributed by atoms with Gasteiger partial charge in [0.1, 0.15) is 19.2 Å². The Bertz CT molecular complexity index is 1870. The zero-order valence-corrected chi connectivity index (χ0v) is 28.7. The largest absolute Gasteiger partial charge is 0.391 e. The molecular formula is C34H40ClF2N8O5+. The van der Waals surface area contributed by atoms with Gasteiger partial charge in [-0.2, -0.15) is 5.10 Å². The molecule has 3 heterocycles. The SMILES string of the molecule is Cc1[nH]ncc1-c1ccc(-c2cnc(C(=O)Nc3ccc(C(=O)N4CCN(C(=O)CC[C@@H](O)C[NH+](C)CCO)CC4)c(Cl)c3)n2C)c(F)c1F. The Morgan fingerprint density at radius 1 is 1.04 bits per heavy atom. The number of rotatable bonds is 12. The van der Waals surface area contributed by atoms with E-state index in [0.717, 1.165) is 4.90 Å². The predicted octanol–water partition coefficient (Wildman–Crippen LogP) is 1.90. The number of aliphatic hydroxyl groups is 2. The maximum absolute atomic E-state index is 15.2. The van der Waals surface area contributed by atoms with Crippen molar-refractivity contribution in [1.82, 2.24) is 29.5 Å². The zero-order valence-electron chi connectivity index (χ0n) is 28.0. The molecular weight excluding hydrogens is 674 g/mol. The van der Waals surface area contributed by atoms with E-state index in [4.69, 9.17) is 16.7 Å². The van der Waals surface area contributed by atoms with Gasteiger partial charge in [0.25, 0.3) is 11.8 Å². The summed E-state index contributed by atoms with van der Waals surface area (Å²) in [5, 5.41) is 28.6. The van der Waals surface area contributed by atoms with Crippen LogP contribution in [0.4, 0.5) is 14.5 Å². The molecule has 50 heavy (non-hydrogen) atoms. The van der Waals surface area contributed by atoms with Gasteiger partial charge in [0, 0.05) is 67.7 Å². The number of carbonyl (C=O) groups excluding carboxylic acids is 3. The summed E-state index contributed by atoms with van der Waals surface area (Å²) in [6.45, 7) is 4.00. The molecule has 0 aliphatic carbocycles. The summed E-state index contributed by atoms with van der Waals surface area (Å²) in [5.41, 5.74) is 1.71. The number of hydrogen-bond donors (Lipinski definition) is 5. The van der Waals surface area contributed by atoms with Crippen LogP contribution in [-0.4, -0.2) is 117 Å². The maximum atomic E-state index is 15.2. The molecule has 5 rings (SSSR count). The van der Waals surface area contributed by atoms with Crippen molar-refractivity contribution < 1.29 is 38.3 Å².